The number of nitrogens with two attached hydrogens (primary N) is 2. The van der Waals surface area contributed by atoms with Gasteiger partial charge in [0.25, 0.3) is 5.56 Å². The smallest absolute Gasteiger partial charge is 0.382 e. The van der Waals surface area contributed by atoms with Gasteiger partial charge >= 0.3 is 6.80 Å². The summed E-state index contributed by atoms with van der Waals surface area (Å²) in [5.41, 5.74) is 10.7. The van der Waals surface area contributed by atoms with Gasteiger partial charge in [-0.2, -0.15) is 4.98 Å². The van der Waals surface area contributed by atoms with Gasteiger partial charge in [0.15, 0.2) is 35.3 Å². The number of anilines is 2. The lowest BCUT2D eigenvalue weighted by Gasteiger charge is -2.33. The van der Waals surface area contributed by atoms with E-state index >= 15 is 0 Å². The Balaban J connectivity index is 1.15. The Kier molecular flexibility index (Phi) is 7.56. The number of nitrogens with zero attached hydrogens (tertiary/aromatic N) is 7. The number of hydrogen-bond acceptors (Lipinski definition) is 17. The van der Waals surface area contributed by atoms with Crippen molar-refractivity contribution in [1.82, 2.24) is 39.0 Å². The largest absolute Gasteiger partial charge is 0.386 e. The van der Waals surface area contributed by atoms with Gasteiger partial charge in [0.2, 0.25) is 5.95 Å². The number of methoxy groups -OCH3 is 1. The molecule has 10 atom stereocenters. The fourth-order valence-electron chi connectivity index (χ4n) is 6.65. The van der Waals surface area contributed by atoms with Gasteiger partial charge in [0.1, 0.15) is 42.0 Å². The maximum absolute atomic E-state index is 13.8. The van der Waals surface area contributed by atoms with Crippen LogP contribution in [0.4, 0.5) is 11.8 Å². The van der Waals surface area contributed by atoms with E-state index in [0.717, 1.165) is 0 Å². The molecule has 4 aliphatic rings. The van der Waals surface area contributed by atoms with Gasteiger partial charge in [-0.1, -0.05) is 12.2 Å². The van der Waals surface area contributed by atoms with Crippen molar-refractivity contribution in [3.05, 3.63) is 29.3 Å². The molecule has 4 aromatic heterocycles. The molecule has 20 nitrogen and oxygen atoms in total. The Bertz CT molecular complexity index is 2050. The minimum Gasteiger partial charge on any atom is -0.382 e. The van der Waals surface area contributed by atoms with Crippen LogP contribution in [-0.4, -0.2) is 107 Å². The standard InChI is InChI=1S/C23H28N10O10P2S2/c1-37-13-9-3-44(35,46)40-5-23-4-38-14(21(42-23)32-7-28-11-16(24)26-6-27-17(11)32)15(23)43-45(36,47)39-2-10(13)41-20(9)33-8-29-12-18(33)30-22(25)31-19(12)34/h6-10,13-15,20-21H,2-5H2,1H3,(H,35,46)(H,36,47)(H2,24,26,27)(H3,25,30,31,34)/t9-,10-,13+,14-,15+,20-,21-,23-,44?,45?/m1/s1. The van der Waals surface area contributed by atoms with Crippen LogP contribution >= 0.6 is 25.5 Å². The third-order valence-corrected chi connectivity index (χ3v) is 12.5. The van der Waals surface area contributed by atoms with Gasteiger partial charge in [-0.05, 0) is 11.8 Å². The zero-order valence-electron chi connectivity index (χ0n) is 24.3. The highest BCUT2D eigenvalue weighted by atomic mass is 32.7. The van der Waals surface area contributed by atoms with Crippen molar-refractivity contribution in [1.29, 1.82) is 0 Å². The van der Waals surface area contributed by atoms with Crippen LogP contribution in [0, 0.1) is 5.92 Å². The van der Waals surface area contributed by atoms with Crippen molar-refractivity contribution in [2.75, 3.05) is 44.6 Å². The molecule has 0 aromatic carbocycles. The number of ether oxygens (including phenoxy) is 4. The van der Waals surface area contributed by atoms with Gasteiger partial charge in [0, 0.05) is 19.2 Å². The number of aromatic nitrogens is 8. The first-order valence-corrected chi connectivity index (χ1v) is 19.7. The highest BCUT2D eigenvalue weighted by Gasteiger charge is 2.65. The van der Waals surface area contributed by atoms with E-state index in [9.17, 15) is 14.3 Å². The number of H-pyrrole nitrogens is 1. The average molecular weight is 731 g/mol. The van der Waals surface area contributed by atoms with Crippen molar-refractivity contribution in [2.24, 2.45) is 5.92 Å². The Morgan fingerprint density at radius 3 is 2.68 bits per heavy atom. The lowest BCUT2D eigenvalue weighted by Crippen LogP contribution is -2.45. The van der Waals surface area contributed by atoms with E-state index in [1.165, 1.54) is 30.7 Å². The summed E-state index contributed by atoms with van der Waals surface area (Å²) in [6.07, 6.45) is -1.33. The lowest BCUT2D eigenvalue weighted by molar-refractivity contribution is -0.182. The molecule has 0 spiro atoms. The number of imidazole rings is 2. The van der Waals surface area contributed by atoms with E-state index in [0.29, 0.717) is 11.2 Å². The first-order chi connectivity index (χ1) is 22.4. The molecule has 4 fully saturated rings. The molecule has 47 heavy (non-hydrogen) atoms. The highest BCUT2D eigenvalue weighted by Crippen LogP contribution is 2.61. The lowest BCUT2D eigenvalue weighted by atomic mass is 10.0. The Morgan fingerprint density at radius 1 is 1.13 bits per heavy atom. The molecular formula is C23H28N10O10P2S2. The normalized spacial score (nSPS) is 39.1. The summed E-state index contributed by atoms with van der Waals surface area (Å²) in [5.74, 6) is -0.648. The van der Waals surface area contributed by atoms with Crippen molar-refractivity contribution < 1.29 is 42.0 Å². The van der Waals surface area contributed by atoms with Crippen molar-refractivity contribution in [3.8, 4) is 0 Å². The molecular weight excluding hydrogens is 702 g/mol. The number of nitrogens with one attached hydrogen (secondary N) is 1. The predicted octanol–water partition coefficient (Wildman–Crippen LogP) is 0.0906. The Morgan fingerprint density at radius 2 is 1.89 bits per heavy atom. The van der Waals surface area contributed by atoms with Crippen molar-refractivity contribution >= 4 is 71.4 Å². The van der Waals surface area contributed by atoms with Crippen molar-refractivity contribution in [3.63, 3.8) is 0 Å². The first-order valence-electron chi connectivity index (χ1n) is 14.1. The topological polar surface area (TPSA) is 261 Å². The molecule has 6 N–H and O–H groups in total. The molecule has 252 valence electrons. The maximum atomic E-state index is 13.8. The molecule has 4 aliphatic heterocycles. The summed E-state index contributed by atoms with van der Waals surface area (Å²) < 4.78 is 59.6. The summed E-state index contributed by atoms with van der Waals surface area (Å²) in [6, 6.07) is 0. The number of hydrogen-bond donors (Lipinski definition) is 5. The van der Waals surface area contributed by atoms with Gasteiger partial charge in [-0.15, -0.1) is 0 Å². The Labute approximate surface area is 274 Å². The SMILES string of the molecule is CO[C@H]1[C@H]2CP(O)(=S)OC[C@@]34CO[C@@H]([C@H](n5cnc6c(N)ncnc65)O3)[C@@H]4OP(=O)(S)OC[C@H]1O[C@H]2n1cnc2c(=O)[nH]c(N)nc21. The molecule has 4 bridgehead atoms. The zero-order valence-corrected chi connectivity index (χ0v) is 27.8. The predicted molar refractivity (Wildman–Crippen MR) is 168 cm³/mol. The third kappa shape index (κ3) is 5.22. The van der Waals surface area contributed by atoms with E-state index < -0.39 is 67.2 Å². The number of fused-ring (bicyclic) bond motifs is 4. The van der Waals surface area contributed by atoms with Crippen LogP contribution in [0.2, 0.25) is 0 Å². The van der Waals surface area contributed by atoms with Crippen LogP contribution in [0.15, 0.2) is 23.8 Å². The number of rotatable bonds is 3. The van der Waals surface area contributed by atoms with Crippen LogP contribution in [0.25, 0.3) is 22.3 Å². The average Bonchev–Trinajstić information content (AvgIpc) is 3.82. The fraction of sp³-hybridized carbons (Fsp3) is 0.565. The van der Waals surface area contributed by atoms with E-state index in [-0.39, 0.29) is 48.9 Å². The molecule has 0 aliphatic carbocycles. The molecule has 8 heterocycles. The highest BCUT2D eigenvalue weighted by molar-refractivity contribution is 8.44. The summed E-state index contributed by atoms with van der Waals surface area (Å²) in [5, 5.41) is 0. The molecule has 4 aromatic rings. The van der Waals surface area contributed by atoms with Gasteiger partial charge < -0.3 is 39.8 Å². The van der Waals surface area contributed by atoms with Crippen LogP contribution in [0.5, 0.6) is 0 Å². The van der Waals surface area contributed by atoms with Crippen LogP contribution in [0.1, 0.15) is 12.5 Å². The van der Waals surface area contributed by atoms with Crippen LogP contribution in [-0.2, 0) is 48.9 Å². The number of aromatic amines is 1. The van der Waals surface area contributed by atoms with Crippen LogP contribution in [0.3, 0.4) is 0 Å². The summed E-state index contributed by atoms with van der Waals surface area (Å²) in [4.78, 5) is 47.5. The second-order valence-corrected chi connectivity index (χ2v) is 18.0. The zero-order chi connectivity index (χ0) is 32.9. The molecule has 0 saturated carbocycles. The van der Waals surface area contributed by atoms with Crippen molar-refractivity contribution in [2.45, 2.75) is 42.5 Å². The molecule has 4 saturated heterocycles. The van der Waals surface area contributed by atoms with E-state index in [1.807, 2.05) is 0 Å². The summed E-state index contributed by atoms with van der Waals surface area (Å²) in [6.45, 7) is -8.48. The van der Waals surface area contributed by atoms with E-state index in [1.54, 1.807) is 4.57 Å². The minimum absolute atomic E-state index is 0.0197. The fourth-order valence-corrected chi connectivity index (χ4v) is 10.3. The van der Waals surface area contributed by atoms with Gasteiger partial charge in [0.05, 0.1) is 38.6 Å². The van der Waals surface area contributed by atoms with E-state index in [2.05, 4.69) is 42.2 Å². The molecule has 2 unspecified atom stereocenters. The van der Waals surface area contributed by atoms with E-state index in [4.69, 9.17) is 55.8 Å². The molecule has 0 radical (unpaired) electrons. The summed E-state index contributed by atoms with van der Waals surface area (Å²) >= 11 is 9.95. The third-order valence-electron chi connectivity index (χ3n) is 8.70. The molecule has 8 rings (SSSR count). The second-order valence-electron chi connectivity index (χ2n) is 11.5. The monoisotopic (exact) mass is 730 g/mol. The van der Waals surface area contributed by atoms with Gasteiger partial charge in [-0.25, -0.2) is 24.5 Å². The minimum atomic E-state index is -4.16. The van der Waals surface area contributed by atoms with Gasteiger partial charge in [-0.3, -0.25) is 28.0 Å². The first kappa shape index (κ1) is 31.7. The number of nitrogen functional groups attached to an aromatic ring is 2. The Hall–Kier alpha value is -2.59. The van der Waals surface area contributed by atoms with Crippen LogP contribution < -0.4 is 17.0 Å². The maximum Gasteiger partial charge on any atom is 0.386 e. The second kappa shape index (κ2) is 11.2. The quantitative estimate of drug-likeness (QED) is 0.138. The molecule has 24 heteroatoms. The summed E-state index contributed by atoms with van der Waals surface area (Å²) in [7, 11) is 1.45. The number of thiol groups is 1. The molecule has 0 amide bonds.